The Balaban J connectivity index is 1.20. The molecule has 0 spiro atoms. The lowest BCUT2D eigenvalue weighted by Gasteiger charge is -2.18. The molecule has 6 rings (SSSR count). The van der Waals surface area contributed by atoms with Crippen LogP contribution in [0.25, 0.3) is 21.8 Å². The number of anilines is 3. The van der Waals surface area contributed by atoms with Crippen LogP contribution < -0.4 is 16.0 Å². The number of hydrogen-bond acceptors (Lipinski definition) is 3. The highest BCUT2D eigenvalue weighted by atomic mass is 32.2. The number of aryl methyl sites for hydroxylation is 1. The van der Waals surface area contributed by atoms with Crippen LogP contribution in [0, 0.1) is 0 Å². The highest BCUT2D eigenvalue weighted by molar-refractivity contribution is 8.00. The van der Waals surface area contributed by atoms with Crippen LogP contribution in [0.4, 0.5) is 21.9 Å². The van der Waals surface area contributed by atoms with Gasteiger partial charge in [0.2, 0.25) is 5.91 Å². The third-order valence-corrected chi connectivity index (χ3v) is 8.36. The summed E-state index contributed by atoms with van der Waals surface area (Å²) >= 11 is 1.47. The average molecular weight is 571 g/mol. The van der Waals surface area contributed by atoms with Crippen molar-refractivity contribution in [3.8, 4) is 0 Å². The van der Waals surface area contributed by atoms with Crippen molar-refractivity contribution in [2.24, 2.45) is 0 Å². The predicted octanol–water partition coefficient (Wildman–Crippen LogP) is 8.93. The number of fused-ring (bicyclic) bond motifs is 3. The largest absolute Gasteiger partial charge is 0.341 e. The van der Waals surface area contributed by atoms with Gasteiger partial charge in [0.1, 0.15) is 5.25 Å². The highest BCUT2D eigenvalue weighted by Crippen LogP contribution is 2.37. The van der Waals surface area contributed by atoms with Gasteiger partial charge in [-0.3, -0.25) is 4.79 Å². The van der Waals surface area contributed by atoms with E-state index in [2.05, 4.69) is 57.8 Å². The molecule has 0 aliphatic rings. The Morgan fingerprint density at radius 1 is 0.643 bits per heavy atom. The van der Waals surface area contributed by atoms with Crippen molar-refractivity contribution in [3.63, 3.8) is 0 Å². The lowest BCUT2D eigenvalue weighted by Crippen LogP contribution is -2.19. The molecule has 5 aromatic carbocycles. The first-order valence-electron chi connectivity index (χ1n) is 13.9. The summed E-state index contributed by atoms with van der Waals surface area (Å²) in [6.45, 7) is 3.01. The predicted molar refractivity (Wildman–Crippen MR) is 174 cm³/mol. The number of rotatable bonds is 8. The summed E-state index contributed by atoms with van der Waals surface area (Å²) < 4.78 is 2.29. The Morgan fingerprint density at radius 2 is 1.24 bits per heavy atom. The number of hydrogen-bond donors (Lipinski definition) is 3. The van der Waals surface area contributed by atoms with Crippen LogP contribution in [-0.2, 0) is 11.3 Å². The molecular formula is C35H30N4O2S. The van der Waals surface area contributed by atoms with Crippen molar-refractivity contribution in [1.82, 2.24) is 4.57 Å². The molecule has 0 aliphatic carbocycles. The molecule has 6 nitrogen and oxygen atoms in total. The highest BCUT2D eigenvalue weighted by Gasteiger charge is 2.23. The molecule has 1 aromatic heterocycles. The van der Waals surface area contributed by atoms with Gasteiger partial charge in [-0.1, -0.05) is 66.7 Å². The van der Waals surface area contributed by atoms with Crippen molar-refractivity contribution in [2.45, 2.75) is 23.6 Å². The fourth-order valence-electron chi connectivity index (χ4n) is 5.15. The minimum Gasteiger partial charge on any atom is -0.341 e. The average Bonchev–Trinajstić information content (AvgIpc) is 3.34. The molecule has 3 N–H and O–H groups in total. The monoisotopic (exact) mass is 570 g/mol. The van der Waals surface area contributed by atoms with E-state index in [0.29, 0.717) is 11.4 Å². The van der Waals surface area contributed by atoms with Gasteiger partial charge in [-0.15, -0.1) is 11.8 Å². The van der Waals surface area contributed by atoms with E-state index in [0.717, 1.165) is 33.6 Å². The van der Waals surface area contributed by atoms with E-state index >= 15 is 0 Å². The first-order chi connectivity index (χ1) is 20.6. The number of aromatic nitrogens is 1. The number of amides is 3. The lowest BCUT2D eigenvalue weighted by atomic mass is 10.1. The molecule has 42 heavy (non-hydrogen) atoms. The second-order valence-corrected chi connectivity index (χ2v) is 11.0. The zero-order valence-corrected chi connectivity index (χ0v) is 23.9. The van der Waals surface area contributed by atoms with Gasteiger partial charge >= 0.3 is 6.03 Å². The third kappa shape index (κ3) is 5.87. The van der Waals surface area contributed by atoms with Crippen LogP contribution in [-0.4, -0.2) is 16.5 Å². The molecule has 6 aromatic rings. The van der Waals surface area contributed by atoms with Gasteiger partial charge in [0.25, 0.3) is 0 Å². The number of nitrogens with zero attached hydrogens (tertiary/aromatic N) is 1. The van der Waals surface area contributed by atoms with Crippen LogP contribution in [0.5, 0.6) is 0 Å². The molecule has 7 heteroatoms. The van der Waals surface area contributed by atoms with E-state index in [-0.39, 0.29) is 11.9 Å². The molecule has 0 bridgehead atoms. The van der Waals surface area contributed by atoms with E-state index in [1.54, 1.807) is 0 Å². The molecule has 208 valence electrons. The Hall–Kier alpha value is -5.01. The molecule has 0 aliphatic heterocycles. The Kier molecular flexibility index (Phi) is 7.92. The van der Waals surface area contributed by atoms with Gasteiger partial charge in [0, 0.05) is 50.3 Å². The lowest BCUT2D eigenvalue weighted by molar-refractivity contribution is -0.115. The van der Waals surface area contributed by atoms with Crippen molar-refractivity contribution in [3.05, 3.63) is 133 Å². The maximum Gasteiger partial charge on any atom is 0.323 e. The van der Waals surface area contributed by atoms with Gasteiger partial charge in [-0.05, 0) is 73.2 Å². The fraction of sp³-hybridized carbons (Fsp3) is 0.0857. The van der Waals surface area contributed by atoms with Gasteiger partial charge in [-0.2, -0.15) is 0 Å². The number of carbonyl (C=O) groups is 2. The Labute approximate surface area is 248 Å². The van der Waals surface area contributed by atoms with Crippen LogP contribution in [0.2, 0.25) is 0 Å². The smallest absolute Gasteiger partial charge is 0.323 e. The summed E-state index contributed by atoms with van der Waals surface area (Å²) in [5.74, 6) is -0.103. The Morgan fingerprint density at radius 3 is 1.95 bits per heavy atom. The quantitative estimate of drug-likeness (QED) is 0.160. The van der Waals surface area contributed by atoms with Crippen molar-refractivity contribution in [1.29, 1.82) is 0 Å². The van der Waals surface area contributed by atoms with E-state index in [4.69, 9.17) is 0 Å². The molecule has 1 atom stereocenters. The minimum absolute atomic E-state index is 0.103. The van der Waals surface area contributed by atoms with Crippen LogP contribution in [0.1, 0.15) is 17.7 Å². The first-order valence-corrected chi connectivity index (χ1v) is 14.7. The Bertz CT molecular complexity index is 1850. The van der Waals surface area contributed by atoms with E-state index in [1.807, 2.05) is 97.1 Å². The van der Waals surface area contributed by atoms with Crippen LogP contribution in [0.15, 0.2) is 132 Å². The molecule has 3 amide bonds. The van der Waals surface area contributed by atoms with E-state index in [9.17, 15) is 9.59 Å². The molecule has 0 saturated heterocycles. The third-order valence-electron chi connectivity index (χ3n) is 7.09. The fourth-order valence-corrected chi connectivity index (χ4v) is 6.17. The number of para-hydroxylation sites is 2. The second kappa shape index (κ2) is 12.2. The summed E-state index contributed by atoms with van der Waals surface area (Å²) in [6.07, 6.45) is 0. The molecular weight excluding hydrogens is 540 g/mol. The second-order valence-electron chi connectivity index (χ2n) is 9.86. The molecule has 1 heterocycles. The molecule has 0 radical (unpaired) electrons. The number of thioether (sulfide) groups is 1. The molecule has 1 unspecified atom stereocenters. The topological polar surface area (TPSA) is 75.2 Å². The number of carbonyl (C=O) groups excluding carboxylic acids is 2. The summed E-state index contributed by atoms with van der Waals surface area (Å²) in [4.78, 5) is 27.1. The van der Waals surface area contributed by atoms with Gasteiger partial charge < -0.3 is 20.5 Å². The van der Waals surface area contributed by atoms with Crippen molar-refractivity contribution < 1.29 is 9.59 Å². The summed E-state index contributed by atoms with van der Waals surface area (Å²) in [5.41, 5.74) is 5.39. The standard InChI is InChI=1S/C35H30N4O2S/c1-2-39-31-16-10-9-15-29(31)30-23-27(19-22-32(30)39)36-34(40)33(24-11-5-3-6-12-24)42-28-20-17-26(18-21-28)38-35(41)37-25-13-7-4-8-14-25/h3-23,33H,2H2,1H3,(H,36,40)(H2,37,38,41). The van der Waals surface area contributed by atoms with E-state index in [1.165, 1.54) is 22.7 Å². The SMILES string of the molecule is CCn1c2ccccc2c2cc(NC(=O)C(Sc3ccc(NC(=O)Nc4ccccc4)cc3)c3ccccc3)ccc21. The maximum absolute atomic E-state index is 13.8. The normalized spacial score (nSPS) is 11.7. The summed E-state index contributed by atoms with van der Waals surface area (Å²) in [7, 11) is 0. The summed E-state index contributed by atoms with van der Waals surface area (Å²) in [6, 6.07) is 40.7. The molecule has 0 saturated carbocycles. The number of benzene rings is 5. The summed E-state index contributed by atoms with van der Waals surface area (Å²) in [5, 5.41) is 10.7. The maximum atomic E-state index is 13.8. The van der Waals surface area contributed by atoms with Crippen LogP contribution >= 0.6 is 11.8 Å². The van der Waals surface area contributed by atoms with Gasteiger partial charge in [0.05, 0.1) is 0 Å². The number of urea groups is 1. The number of nitrogens with one attached hydrogen (secondary N) is 3. The molecule has 0 fully saturated rings. The van der Waals surface area contributed by atoms with E-state index < -0.39 is 5.25 Å². The van der Waals surface area contributed by atoms with Crippen molar-refractivity contribution >= 4 is 62.6 Å². The van der Waals surface area contributed by atoms with Gasteiger partial charge in [0.15, 0.2) is 0 Å². The zero-order chi connectivity index (χ0) is 28.9. The van der Waals surface area contributed by atoms with Gasteiger partial charge in [-0.25, -0.2) is 4.79 Å². The van der Waals surface area contributed by atoms with Crippen molar-refractivity contribution in [2.75, 3.05) is 16.0 Å². The van der Waals surface area contributed by atoms with Crippen LogP contribution in [0.3, 0.4) is 0 Å². The minimum atomic E-state index is -0.473. The first kappa shape index (κ1) is 27.2. The zero-order valence-electron chi connectivity index (χ0n) is 23.1.